The summed E-state index contributed by atoms with van der Waals surface area (Å²) in [4.78, 5) is 15.5. The van der Waals surface area contributed by atoms with E-state index in [-0.39, 0.29) is 12.3 Å². The number of anilines is 1. The van der Waals surface area contributed by atoms with Gasteiger partial charge in [-0.2, -0.15) is 0 Å². The molecular formula is C13H11ClN2O2. The first kappa shape index (κ1) is 12.4. The van der Waals surface area contributed by atoms with Gasteiger partial charge in [0.25, 0.3) is 0 Å². The Morgan fingerprint density at radius 1 is 1.33 bits per heavy atom. The number of carbonyl (C=O) groups excluding carboxylic acids is 1. The second-order valence-corrected chi connectivity index (χ2v) is 4.12. The SMILES string of the molecule is Nc1ccc(C(=O)OCc2cccc(Cl)c2)nc1. The normalized spacial score (nSPS) is 10.1. The van der Waals surface area contributed by atoms with Crippen LogP contribution < -0.4 is 5.73 Å². The molecule has 2 N–H and O–H groups in total. The molecule has 18 heavy (non-hydrogen) atoms. The number of nitrogens with two attached hydrogens (primary N) is 1. The maximum Gasteiger partial charge on any atom is 0.357 e. The van der Waals surface area contributed by atoms with Gasteiger partial charge in [0.05, 0.1) is 11.9 Å². The minimum atomic E-state index is -0.491. The second kappa shape index (κ2) is 5.51. The lowest BCUT2D eigenvalue weighted by molar-refractivity contribution is 0.0466. The molecular weight excluding hydrogens is 252 g/mol. The number of nitrogen functional groups attached to an aromatic ring is 1. The van der Waals surface area contributed by atoms with E-state index in [0.717, 1.165) is 5.56 Å². The number of aromatic nitrogens is 1. The lowest BCUT2D eigenvalue weighted by Gasteiger charge is -2.04. The summed E-state index contributed by atoms with van der Waals surface area (Å²) in [7, 11) is 0. The van der Waals surface area contributed by atoms with Crippen LogP contribution in [0.1, 0.15) is 16.1 Å². The predicted molar refractivity (Wildman–Crippen MR) is 69.2 cm³/mol. The molecule has 0 aliphatic heterocycles. The standard InChI is InChI=1S/C13H11ClN2O2/c14-10-3-1-2-9(6-10)8-18-13(17)12-5-4-11(15)7-16-12/h1-7H,8,15H2. The Kier molecular flexibility index (Phi) is 3.79. The summed E-state index contributed by atoms with van der Waals surface area (Å²) < 4.78 is 5.11. The van der Waals surface area contributed by atoms with Crippen LogP contribution in [0.25, 0.3) is 0 Å². The fourth-order valence-electron chi connectivity index (χ4n) is 1.38. The molecule has 0 saturated carbocycles. The van der Waals surface area contributed by atoms with Crippen LogP contribution >= 0.6 is 11.6 Å². The van der Waals surface area contributed by atoms with E-state index in [4.69, 9.17) is 22.1 Å². The van der Waals surface area contributed by atoms with Gasteiger partial charge in [-0.1, -0.05) is 23.7 Å². The van der Waals surface area contributed by atoms with Crippen molar-refractivity contribution in [3.05, 3.63) is 58.9 Å². The summed E-state index contributed by atoms with van der Waals surface area (Å²) in [6.45, 7) is 0.158. The minimum Gasteiger partial charge on any atom is -0.456 e. The molecule has 0 saturated heterocycles. The van der Waals surface area contributed by atoms with Gasteiger partial charge in [0.2, 0.25) is 0 Å². The van der Waals surface area contributed by atoms with Gasteiger partial charge in [-0.25, -0.2) is 9.78 Å². The fourth-order valence-corrected chi connectivity index (χ4v) is 1.59. The van der Waals surface area contributed by atoms with Gasteiger partial charge in [0.15, 0.2) is 0 Å². The van der Waals surface area contributed by atoms with Crippen LogP contribution in [0.4, 0.5) is 5.69 Å². The van der Waals surface area contributed by atoms with E-state index in [1.54, 1.807) is 24.3 Å². The van der Waals surface area contributed by atoms with E-state index in [1.807, 2.05) is 6.07 Å². The number of carbonyl (C=O) groups is 1. The third kappa shape index (κ3) is 3.21. The molecule has 1 aromatic carbocycles. The Labute approximate surface area is 109 Å². The third-order valence-electron chi connectivity index (χ3n) is 2.25. The van der Waals surface area contributed by atoms with E-state index >= 15 is 0 Å². The number of ether oxygens (including phenoxy) is 1. The summed E-state index contributed by atoms with van der Waals surface area (Å²) in [5.41, 5.74) is 7.03. The van der Waals surface area contributed by atoms with Crippen molar-refractivity contribution in [2.75, 3.05) is 5.73 Å². The van der Waals surface area contributed by atoms with Gasteiger partial charge in [-0.05, 0) is 29.8 Å². The molecule has 0 unspecified atom stereocenters. The zero-order chi connectivity index (χ0) is 13.0. The van der Waals surface area contributed by atoms with Crippen molar-refractivity contribution >= 4 is 23.3 Å². The first-order valence-electron chi connectivity index (χ1n) is 5.28. The molecule has 0 atom stereocenters. The smallest absolute Gasteiger partial charge is 0.357 e. The van der Waals surface area contributed by atoms with Crippen LogP contribution in [-0.4, -0.2) is 11.0 Å². The Morgan fingerprint density at radius 2 is 2.17 bits per heavy atom. The van der Waals surface area contributed by atoms with E-state index in [0.29, 0.717) is 10.7 Å². The van der Waals surface area contributed by atoms with Gasteiger partial charge in [-0.3, -0.25) is 0 Å². The van der Waals surface area contributed by atoms with Crippen LogP contribution in [0.5, 0.6) is 0 Å². The van der Waals surface area contributed by atoms with Gasteiger partial charge in [-0.15, -0.1) is 0 Å². The molecule has 0 bridgehead atoms. The highest BCUT2D eigenvalue weighted by molar-refractivity contribution is 6.30. The van der Waals surface area contributed by atoms with Crippen molar-refractivity contribution < 1.29 is 9.53 Å². The van der Waals surface area contributed by atoms with E-state index < -0.39 is 5.97 Å². The first-order valence-corrected chi connectivity index (χ1v) is 5.66. The molecule has 0 radical (unpaired) electrons. The monoisotopic (exact) mass is 262 g/mol. The Balaban J connectivity index is 1.98. The van der Waals surface area contributed by atoms with Gasteiger partial charge >= 0.3 is 5.97 Å². The minimum absolute atomic E-state index is 0.158. The average molecular weight is 263 g/mol. The van der Waals surface area contributed by atoms with Crippen molar-refractivity contribution in [1.29, 1.82) is 0 Å². The van der Waals surface area contributed by atoms with Crippen molar-refractivity contribution in [3.63, 3.8) is 0 Å². The van der Waals surface area contributed by atoms with E-state index in [1.165, 1.54) is 12.3 Å². The number of rotatable bonds is 3. The summed E-state index contributed by atoms with van der Waals surface area (Å²) in [6.07, 6.45) is 1.41. The molecule has 1 aromatic heterocycles. The Hall–Kier alpha value is -2.07. The van der Waals surface area contributed by atoms with Gasteiger partial charge in [0.1, 0.15) is 12.3 Å². The highest BCUT2D eigenvalue weighted by Crippen LogP contribution is 2.12. The summed E-state index contributed by atoms with van der Waals surface area (Å²) >= 11 is 5.83. The van der Waals surface area contributed by atoms with Crippen molar-refractivity contribution in [1.82, 2.24) is 4.98 Å². The summed E-state index contributed by atoms with van der Waals surface area (Å²) in [5, 5.41) is 0.606. The molecule has 0 amide bonds. The summed E-state index contributed by atoms with van der Waals surface area (Å²) in [5.74, 6) is -0.491. The van der Waals surface area contributed by atoms with E-state index in [9.17, 15) is 4.79 Å². The highest BCUT2D eigenvalue weighted by Gasteiger charge is 2.08. The van der Waals surface area contributed by atoms with Crippen molar-refractivity contribution in [2.24, 2.45) is 0 Å². The van der Waals surface area contributed by atoms with Crippen molar-refractivity contribution in [2.45, 2.75) is 6.61 Å². The molecule has 4 nitrogen and oxygen atoms in total. The molecule has 2 rings (SSSR count). The molecule has 5 heteroatoms. The first-order chi connectivity index (χ1) is 8.65. The molecule has 92 valence electrons. The number of halogens is 1. The molecule has 2 aromatic rings. The number of hydrogen-bond acceptors (Lipinski definition) is 4. The Morgan fingerprint density at radius 3 is 2.83 bits per heavy atom. The average Bonchev–Trinajstić information content (AvgIpc) is 2.37. The second-order valence-electron chi connectivity index (χ2n) is 3.68. The number of esters is 1. The van der Waals surface area contributed by atoms with Gasteiger partial charge in [0, 0.05) is 5.02 Å². The molecule has 0 aliphatic carbocycles. The maximum absolute atomic E-state index is 11.7. The quantitative estimate of drug-likeness (QED) is 0.864. The molecule has 1 heterocycles. The number of nitrogens with zero attached hydrogens (tertiary/aromatic N) is 1. The van der Waals surface area contributed by atoms with Crippen LogP contribution in [-0.2, 0) is 11.3 Å². The lowest BCUT2D eigenvalue weighted by atomic mass is 10.2. The Bertz CT molecular complexity index is 555. The molecule has 0 aliphatic rings. The largest absolute Gasteiger partial charge is 0.456 e. The fraction of sp³-hybridized carbons (Fsp3) is 0.0769. The van der Waals surface area contributed by atoms with Crippen LogP contribution in [0, 0.1) is 0 Å². The predicted octanol–water partition coefficient (Wildman–Crippen LogP) is 2.67. The zero-order valence-electron chi connectivity index (χ0n) is 9.47. The van der Waals surface area contributed by atoms with Crippen LogP contribution in [0.2, 0.25) is 5.02 Å². The number of hydrogen-bond donors (Lipinski definition) is 1. The zero-order valence-corrected chi connectivity index (χ0v) is 10.2. The van der Waals surface area contributed by atoms with Crippen molar-refractivity contribution in [3.8, 4) is 0 Å². The summed E-state index contributed by atoms with van der Waals surface area (Å²) in [6, 6.07) is 10.3. The number of pyridine rings is 1. The molecule has 0 spiro atoms. The van der Waals surface area contributed by atoms with E-state index in [2.05, 4.69) is 4.98 Å². The van der Waals surface area contributed by atoms with Crippen LogP contribution in [0.15, 0.2) is 42.6 Å². The maximum atomic E-state index is 11.7. The van der Waals surface area contributed by atoms with Gasteiger partial charge < -0.3 is 10.5 Å². The lowest BCUT2D eigenvalue weighted by Crippen LogP contribution is -2.07. The molecule has 0 fully saturated rings. The third-order valence-corrected chi connectivity index (χ3v) is 2.49. The highest BCUT2D eigenvalue weighted by atomic mass is 35.5. The number of benzene rings is 1. The topological polar surface area (TPSA) is 65.2 Å². The van der Waals surface area contributed by atoms with Crippen LogP contribution in [0.3, 0.4) is 0 Å².